The van der Waals surface area contributed by atoms with E-state index in [1.165, 1.54) is 5.56 Å². The molecule has 5 rings (SSSR count). The zero-order valence-electron chi connectivity index (χ0n) is 20.9. The Hall–Kier alpha value is -3.50. The van der Waals surface area contributed by atoms with E-state index in [1.54, 1.807) is 0 Å². The van der Waals surface area contributed by atoms with Gasteiger partial charge in [-0.1, -0.05) is 32.9 Å². The molecule has 2 heterocycles. The van der Waals surface area contributed by atoms with Gasteiger partial charge in [0.2, 0.25) is 0 Å². The number of anilines is 3. The summed E-state index contributed by atoms with van der Waals surface area (Å²) >= 11 is 0. The molecule has 1 unspecified atom stereocenters. The summed E-state index contributed by atoms with van der Waals surface area (Å²) in [6.45, 7) is 7.51. The number of hydrogen-bond acceptors (Lipinski definition) is 3. The topological polar surface area (TPSA) is 26.6 Å². The summed E-state index contributed by atoms with van der Waals surface area (Å²) in [5, 5.41) is 0. The molecule has 3 aromatic carbocycles. The van der Waals surface area contributed by atoms with E-state index in [4.69, 9.17) is 9.47 Å². The van der Waals surface area contributed by atoms with Gasteiger partial charge in [0, 0.05) is 41.6 Å². The summed E-state index contributed by atoms with van der Waals surface area (Å²) in [6.07, 6.45) is 7.20. The fraction of sp³-hybridized carbons (Fsp3) is 0.290. The van der Waals surface area contributed by atoms with E-state index in [9.17, 15) is 0 Å². The van der Waals surface area contributed by atoms with Crippen LogP contribution in [0.15, 0.2) is 97.3 Å². The molecule has 0 N–H and O–H groups in total. The number of hydrogen-bond donors (Lipinski definition) is 0. The number of benzene rings is 3. The van der Waals surface area contributed by atoms with Gasteiger partial charge in [-0.25, -0.2) is 0 Å². The van der Waals surface area contributed by atoms with Crippen molar-refractivity contribution in [2.24, 2.45) is 0 Å². The van der Waals surface area contributed by atoms with Gasteiger partial charge in [0.15, 0.2) is 6.29 Å². The van der Waals surface area contributed by atoms with Crippen LogP contribution in [0.3, 0.4) is 0 Å². The molecule has 1 fully saturated rings. The van der Waals surface area contributed by atoms with E-state index in [2.05, 4.69) is 103 Å². The number of nitrogens with zero attached hydrogens (tertiary/aromatic N) is 2. The first-order chi connectivity index (χ1) is 17.0. The third-order valence-corrected chi connectivity index (χ3v) is 6.50. The highest BCUT2D eigenvalue weighted by atomic mass is 16.7. The third kappa shape index (κ3) is 5.44. The molecule has 0 aliphatic carbocycles. The largest absolute Gasteiger partial charge is 0.465 e. The maximum absolute atomic E-state index is 6.07. The highest BCUT2D eigenvalue weighted by molar-refractivity contribution is 5.77. The van der Waals surface area contributed by atoms with Gasteiger partial charge in [-0.2, -0.15) is 0 Å². The maximum Gasteiger partial charge on any atom is 0.199 e. The molecule has 4 aromatic rings. The molecule has 4 heteroatoms. The Kier molecular flexibility index (Phi) is 6.65. The van der Waals surface area contributed by atoms with Gasteiger partial charge in [0.25, 0.3) is 0 Å². The highest BCUT2D eigenvalue weighted by Crippen LogP contribution is 2.37. The normalized spacial score (nSPS) is 16.1. The van der Waals surface area contributed by atoms with Gasteiger partial charge in [0.05, 0.1) is 6.61 Å². The molecule has 35 heavy (non-hydrogen) atoms. The van der Waals surface area contributed by atoms with Crippen LogP contribution in [0.1, 0.15) is 45.6 Å². The molecular weight excluding hydrogens is 432 g/mol. The second kappa shape index (κ2) is 10.0. The summed E-state index contributed by atoms with van der Waals surface area (Å²) in [4.78, 5) is 2.28. The van der Waals surface area contributed by atoms with Gasteiger partial charge < -0.3 is 18.9 Å². The van der Waals surface area contributed by atoms with Crippen LogP contribution in [-0.2, 0) is 10.2 Å². The molecule has 0 radical (unpaired) electrons. The molecule has 1 aliphatic rings. The molecule has 0 bridgehead atoms. The predicted octanol–water partition coefficient (Wildman–Crippen LogP) is 8.15. The molecule has 0 amide bonds. The van der Waals surface area contributed by atoms with Crippen molar-refractivity contribution in [2.45, 2.75) is 51.7 Å². The second-order valence-corrected chi connectivity index (χ2v) is 10.1. The van der Waals surface area contributed by atoms with Gasteiger partial charge in [0.1, 0.15) is 5.75 Å². The summed E-state index contributed by atoms with van der Waals surface area (Å²) < 4.78 is 13.9. The molecule has 180 valence electrons. The smallest absolute Gasteiger partial charge is 0.199 e. The summed E-state index contributed by atoms with van der Waals surface area (Å²) in [6, 6.07) is 29.9. The van der Waals surface area contributed by atoms with Crippen molar-refractivity contribution in [1.82, 2.24) is 4.57 Å². The van der Waals surface area contributed by atoms with E-state index in [0.717, 1.165) is 54.4 Å². The molecule has 0 spiro atoms. The van der Waals surface area contributed by atoms with Crippen molar-refractivity contribution in [3.63, 3.8) is 0 Å². The van der Waals surface area contributed by atoms with Crippen LogP contribution >= 0.6 is 0 Å². The lowest BCUT2D eigenvalue weighted by molar-refractivity contribution is -0.105. The van der Waals surface area contributed by atoms with Crippen LogP contribution in [0.25, 0.3) is 5.69 Å². The minimum atomic E-state index is -0.142. The summed E-state index contributed by atoms with van der Waals surface area (Å²) in [5.74, 6) is 0.839. The van der Waals surface area contributed by atoms with Crippen molar-refractivity contribution in [1.29, 1.82) is 0 Å². The van der Waals surface area contributed by atoms with Crippen molar-refractivity contribution in [2.75, 3.05) is 11.5 Å². The first kappa shape index (κ1) is 23.3. The quantitative estimate of drug-likeness (QED) is 0.287. The average molecular weight is 467 g/mol. The van der Waals surface area contributed by atoms with Crippen LogP contribution in [0.2, 0.25) is 0 Å². The fourth-order valence-electron chi connectivity index (χ4n) is 4.47. The first-order valence-corrected chi connectivity index (χ1v) is 12.5. The molecular formula is C31H34N2O2. The zero-order valence-corrected chi connectivity index (χ0v) is 20.9. The van der Waals surface area contributed by atoms with Gasteiger partial charge >= 0.3 is 0 Å². The van der Waals surface area contributed by atoms with Crippen LogP contribution in [0, 0.1) is 0 Å². The lowest BCUT2D eigenvalue weighted by Gasteiger charge is -2.28. The van der Waals surface area contributed by atoms with Crippen molar-refractivity contribution in [3.8, 4) is 11.4 Å². The minimum Gasteiger partial charge on any atom is -0.465 e. The Morgan fingerprint density at radius 1 is 0.771 bits per heavy atom. The number of aromatic nitrogens is 1. The predicted molar refractivity (Wildman–Crippen MR) is 143 cm³/mol. The maximum atomic E-state index is 6.07. The van der Waals surface area contributed by atoms with Crippen molar-refractivity contribution >= 4 is 17.1 Å². The van der Waals surface area contributed by atoms with E-state index in [-0.39, 0.29) is 11.7 Å². The molecule has 1 aromatic heterocycles. The van der Waals surface area contributed by atoms with Gasteiger partial charge in [-0.15, -0.1) is 0 Å². The minimum absolute atomic E-state index is 0.113. The Labute approximate surface area is 208 Å². The second-order valence-electron chi connectivity index (χ2n) is 10.1. The lowest BCUT2D eigenvalue weighted by atomic mass is 9.87. The van der Waals surface area contributed by atoms with E-state index >= 15 is 0 Å². The number of rotatable bonds is 6. The van der Waals surface area contributed by atoms with Gasteiger partial charge in [-0.05, 0) is 96.6 Å². The van der Waals surface area contributed by atoms with Crippen LogP contribution in [-0.4, -0.2) is 17.5 Å². The summed E-state index contributed by atoms with van der Waals surface area (Å²) in [7, 11) is 0. The monoisotopic (exact) mass is 466 g/mol. The van der Waals surface area contributed by atoms with Crippen LogP contribution in [0.5, 0.6) is 5.75 Å². The van der Waals surface area contributed by atoms with Crippen LogP contribution < -0.4 is 9.64 Å². The third-order valence-electron chi connectivity index (χ3n) is 6.50. The van der Waals surface area contributed by atoms with E-state index < -0.39 is 0 Å². The Bertz CT molecular complexity index is 1200. The Morgan fingerprint density at radius 2 is 1.34 bits per heavy atom. The van der Waals surface area contributed by atoms with Crippen molar-refractivity contribution < 1.29 is 9.47 Å². The number of ether oxygens (including phenoxy) is 2. The SMILES string of the molecule is CC(C)(C)c1ccc(N(c2ccc(OC3CCCCO3)cc2)c2ccc(-n3cccc3)cc2)cc1. The molecule has 4 nitrogen and oxygen atoms in total. The standard InChI is InChI=1S/C31H34N2O2/c1-31(2,3)24-9-11-26(12-10-24)33(27-15-13-25(14-16-27)32-21-5-6-22-32)28-17-19-29(20-18-28)35-30-8-4-7-23-34-30/h5-6,9-22,30H,4,7-8,23H2,1-3H3. The van der Waals surface area contributed by atoms with Gasteiger partial charge in [-0.3, -0.25) is 0 Å². The molecule has 0 saturated carbocycles. The lowest BCUT2D eigenvalue weighted by Crippen LogP contribution is -2.24. The summed E-state index contributed by atoms with van der Waals surface area (Å²) in [5.41, 5.74) is 5.88. The zero-order chi connectivity index (χ0) is 24.3. The van der Waals surface area contributed by atoms with E-state index in [0.29, 0.717) is 0 Å². The molecule has 1 saturated heterocycles. The molecule has 1 aliphatic heterocycles. The first-order valence-electron chi connectivity index (χ1n) is 12.5. The Morgan fingerprint density at radius 3 is 1.89 bits per heavy atom. The Balaban J connectivity index is 1.46. The van der Waals surface area contributed by atoms with Crippen molar-refractivity contribution in [3.05, 3.63) is 103 Å². The highest BCUT2D eigenvalue weighted by Gasteiger charge is 2.18. The van der Waals surface area contributed by atoms with Crippen LogP contribution in [0.4, 0.5) is 17.1 Å². The molecule has 1 atom stereocenters. The average Bonchev–Trinajstić information content (AvgIpc) is 3.41. The van der Waals surface area contributed by atoms with E-state index in [1.807, 2.05) is 24.3 Å². The fourth-order valence-corrected chi connectivity index (χ4v) is 4.47.